The molecule has 0 fully saturated rings. The first-order valence-electron chi connectivity index (χ1n) is 9.45. The van der Waals surface area contributed by atoms with E-state index in [-0.39, 0.29) is 29.1 Å². The number of para-hydroxylation sites is 1. The van der Waals surface area contributed by atoms with Gasteiger partial charge in [0.15, 0.2) is 11.0 Å². The average molecular weight is 430 g/mol. The number of nitrogens with two attached hydrogens (primary N) is 1. The highest BCUT2D eigenvalue weighted by Crippen LogP contribution is 2.19. The van der Waals surface area contributed by atoms with E-state index in [2.05, 4.69) is 20.4 Å². The number of nitrogens with one attached hydrogen (secondary N) is 1. The number of carbonyl (C=O) groups excluding carboxylic acids is 2. The van der Waals surface area contributed by atoms with Crippen molar-refractivity contribution in [3.05, 3.63) is 40.4 Å². The lowest BCUT2D eigenvalue weighted by atomic mass is 10.2. The largest absolute Gasteiger partial charge is 0.370 e. The van der Waals surface area contributed by atoms with Gasteiger partial charge in [-0.1, -0.05) is 35.5 Å². The van der Waals surface area contributed by atoms with E-state index in [1.54, 1.807) is 29.7 Å². The molecule has 158 valence electrons. The van der Waals surface area contributed by atoms with Gasteiger partial charge in [-0.25, -0.2) is 4.98 Å². The second-order valence-electron chi connectivity index (χ2n) is 6.63. The number of hydrogen-bond donors (Lipinski definition) is 2. The fourth-order valence-electron chi connectivity index (χ4n) is 2.83. The van der Waals surface area contributed by atoms with E-state index in [1.165, 1.54) is 0 Å². The van der Waals surface area contributed by atoms with Crippen LogP contribution in [0.2, 0.25) is 0 Å². The van der Waals surface area contributed by atoms with E-state index in [4.69, 9.17) is 10.3 Å². The molecule has 2 amide bonds. The first-order chi connectivity index (χ1) is 14.4. The normalized spacial score (nSPS) is 11.0. The molecule has 0 atom stereocenters. The summed E-state index contributed by atoms with van der Waals surface area (Å²) in [5, 5.41) is 7.10. The molecule has 11 heteroatoms. The molecule has 0 bridgehead atoms. The molecule has 3 N–H and O–H groups in total. The molecule has 10 nitrogen and oxygen atoms in total. The maximum absolute atomic E-state index is 13.0. The van der Waals surface area contributed by atoms with Gasteiger partial charge in [0.05, 0.1) is 16.7 Å². The van der Waals surface area contributed by atoms with Gasteiger partial charge in [-0.2, -0.15) is 4.98 Å². The van der Waals surface area contributed by atoms with Gasteiger partial charge in [0.1, 0.15) is 0 Å². The van der Waals surface area contributed by atoms with E-state index in [1.807, 2.05) is 6.07 Å². The third-order valence-electron chi connectivity index (χ3n) is 4.24. The third kappa shape index (κ3) is 5.66. The summed E-state index contributed by atoms with van der Waals surface area (Å²) >= 11 is 1.15. The lowest BCUT2D eigenvalue weighted by Gasteiger charge is -2.13. The number of aromatic nitrogens is 4. The number of unbranched alkanes of at least 4 members (excludes halogenated alkanes) is 2. The predicted octanol–water partition coefficient (Wildman–Crippen LogP) is 1.86. The van der Waals surface area contributed by atoms with Crippen molar-refractivity contribution in [2.45, 2.75) is 44.3 Å². The molecule has 2 heterocycles. The topological polar surface area (TPSA) is 146 Å². The number of aryl methyl sites for hydroxylation is 1. The number of primary amides is 1. The van der Waals surface area contributed by atoms with E-state index in [0.29, 0.717) is 47.7 Å². The molecule has 0 aliphatic rings. The second-order valence-corrected chi connectivity index (χ2v) is 7.57. The van der Waals surface area contributed by atoms with Crippen molar-refractivity contribution >= 4 is 40.5 Å². The van der Waals surface area contributed by atoms with Crippen molar-refractivity contribution in [2.75, 3.05) is 11.1 Å². The minimum Gasteiger partial charge on any atom is -0.370 e. The Bertz CT molecular complexity index is 1110. The summed E-state index contributed by atoms with van der Waals surface area (Å²) in [6, 6.07) is 7.11. The zero-order chi connectivity index (χ0) is 21.5. The minimum absolute atomic E-state index is 0.0217. The van der Waals surface area contributed by atoms with Crippen LogP contribution in [0, 0.1) is 6.92 Å². The maximum atomic E-state index is 13.0. The Hall–Kier alpha value is -3.21. The van der Waals surface area contributed by atoms with E-state index in [0.717, 1.165) is 18.2 Å². The second kappa shape index (κ2) is 10.0. The number of hydrogen-bond acceptors (Lipinski definition) is 8. The number of fused-ring (bicyclic) bond motifs is 1. The highest BCUT2D eigenvalue weighted by Gasteiger charge is 2.14. The van der Waals surface area contributed by atoms with Crippen LogP contribution in [-0.4, -0.2) is 37.3 Å². The van der Waals surface area contributed by atoms with E-state index >= 15 is 0 Å². The van der Waals surface area contributed by atoms with Crippen LogP contribution in [0.5, 0.6) is 0 Å². The number of nitrogens with zero attached hydrogens (tertiary/aromatic N) is 4. The summed E-state index contributed by atoms with van der Waals surface area (Å²) < 4.78 is 6.45. The molecule has 2 aromatic heterocycles. The molecule has 0 spiro atoms. The van der Waals surface area contributed by atoms with Crippen LogP contribution in [0.1, 0.15) is 31.5 Å². The fourth-order valence-corrected chi connectivity index (χ4v) is 3.66. The van der Waals surface area contributed by atoms with Crippen molar-refractivity contribution in [1.29, 1.82) is 0 Å². The molecule has 0 unspecified atom stereocenters. The van der Waals surface area contributed by atoms with Crippen molar-refractivity contribution in [3.8, 4) is 0 Å². The Morgan fingerprint density at radius 1 is 1.20 bits per heavy atom. The van der Waals surface area contributed by atoms with Crippen LogP contribution < -0.4 is 16.6 Å². The highest BCUT2D eigenvalue weighted by atomic mass is 32.2. The lowest BCUT2D eigenvalue weighted by Crippen LogP contribution is -2.24. The van der Waals surface area contributed by atoms with Gasteiger partial charge in [0, 0.05) is 13.0 Å². The molecule has 3 aromatic rings. The van der Waals surface area contributed by atoms with Crippen LogP contribution in [0.25, 0.3) is 10.9 Å². The fraction of sp³-hybridized carbons (Fsp3) is 0.368. The van der Waals surface area contributed by atoms with Crippen molar-refractivity contribution in [3.63, 3.8) is 0 Å². The summed E-state index contributed by atoms with van der Waals surface area (Å²) in [4.78, 5) is 44.5. The summed E-state index contributed by atoms with van der Waals surface area (Å²) in [7, 11) is 0. The molecule has 30 heavy (non-hydrogen) atoms. The molecular weight excluding hydrogens is 408 g/mol. The van der Waals surface area contributed by atoms with Crippen LogP contribution in [0.3, 0.4) is 0 Å². The number of amides is 2. The van der Waals surface area contributed by atoms with Crippen molar-refractivity contribution in [1.82, 2.24) is 19.7 Å². The van der Waals surface area contributed by atoms with Gasteiger partial charge in [-0.05, 0) is 31.9 Å². The molecule has 1 aromatic carbocycles. The molecule has 3 rings (SSSR count). The molecule has 0 aliphatic heterocycles. The Morgan fingerprint density at radius 2 is 2.00 bits per heavy atom. The number of rotatable bonds is 10. The summed E-state index contributed by atoms with van der Waals surface area (Å²) in [6.45, 7) is 2.08. The van der Waals surface area contributed by atoms with E-state index in [9.17, 15) is 14.4 Å². The Balaban J connectivity index is 1.73. The van der Waals surface area contributed by atoms with Crippen LogP contribution in [0.4, 0.5) is 6.01 Å². The van der Waals surface area contributed by atoms with Gasteiger partial charge in [0.25, 0.3) is 5.56 Å². The number of thioether (sulfide) groups is 1. The molecular formula is C19H22N6O4S. The average Bonchev–Trinajstić information content (AvgIpc) is 3.12. The van der Waals surface area contributed by atoms with Gasteiger partial charge < -0.3 is 10.3 Å². The first kappa shape index (κ1) is 21.5. The molecule has 0 radical (unpaired) electrons. The monoisotopic (exact) mass is 430 g/mol. The standard InChI is InChI=1S/C19H22N6O4S/c1-12-21-18(29-24-12)23-16(27)11-30-19-22-14-8-5-4-7-13(14)17(28)25(19)10-6-2-3-9-15(20)26/h4-5,7-8H,2-3,6,9-11H2,1H3,(H2,20,26)(H,21,23,24,27). The minimum atomic E-state index is -0.348. The number of carbonyl (C=O) groups is 2. The molecule has 0 saturated carbocycles. The SMILES string of the molecule is Cc1noc(NC(=O)CSc2nc3ccccc3c(=O)n2CCCCCC(N)=O)n1. The number of anilines is 1. The zero-order valence-corrected chi connectivity index (χ0v) is 17.3. The lowest BCUT2D eigenvalue weighted by molar-refractivity contribution is -0.118. The van der Waals surface area contributed by atoms with Crippen LogP contribution in [-0.2, 0) is 16.1 Å². The third-order valence-corrected chi connectivity index (χ3v) is 5.21. The number of benzene rings is 1. The van der Waals surface area contributed by atoms with Crippen molar-refractivity contribution < 1.29 is 14.1 Å². The maximum Gasteiger partial charge on any atom is 0.328 e. The van der Waals surface area contributed by atoms with Gasteiger partial charge in [-0.3, -0.25) is 24.3 Å². The Kier molecular flexibility index (Phi) is 7.17. The van der Waals surface area contributed by atoms with Crippen molar-refractivity contribution in [2.24, 2.45) is 5.73 Å². The summed E-state index contributed by atoms with van der Waals surface area (Å²) in [5.74, 6) is -0.245. The van der Waals surface area contributed by atoms with Gasteiger partial charge in [-0.15, -0.1) is 0 Å². The predicted molar refractivity (Wildman–Crippen MR) is 112 cm³/mol. The smallest absolute Gasteiger partial charge is 0.328 e. The zero-order valence-electron chi connectivity index (χ0n) is 16.5. The van der Waals surface area contributed by atoms with E-state index < -0.39 is 0 Å². The van der Waals surface area contributed by atoms with Crippen LogP contribution >= 0.6 is 11.8 Å². The van der Waals surface area contributed by atoms with Gasteiger partial charge in [0.2, 0.25) is 11.8 Å². The first-order valence-corrected chi connectivity index (χ1v) is 10.4. The summed E-state index contributed by atoms with van der Waals surface area (Å²) in [6.07, 6.45) is 2.43. The van der Waals surface area contributed by atoms with Crippen LogP contribution in [0.15, 0.2) is 38.7 Å². The van der Waals surface area contributed by atoms with Gasteiger partial charge >= 0.3 is 6.01 Å². The molecule has 0 aliphatic carbocycles. The molecule has 0 saturated heterocycles. The summed E-state index contributed by atoms with van der Waals surface area (Å²) in [5.41, 5.74) is 5.57. The Morgan fingerprint density at radius 3 is 2.73 bits per heavy atom. The highest BCUT2D eigenvalue weighted by molar-refractivity contribution is 7.99. The quantitative estimate of drug-likeness (QED) is 0.281. The Labute approximate surface area is 176 Å².